The molecule has 0 aliphatic heterocycles. The molecule has 0 aliphatic rings. The minimum Gasteiger partial charge on any atom is -0.461 e. The maximum absolute atomic E-state index is 13.4. The number of aromatic nitrogens is 2. The van der Waals surface area contributed by atoms with Crippen molar-refractivity contribution in [2.75, 3.05) is 6.61 Å². The van der Waals surface area contributed by atoms with Crippen LogP contribution in [-0.4, -0.2) is 31.2 Å². The van der Waals surface area contributed by atoms with Crippen molar-refractivity contribution >= 4 is 26.6 Å². The van der Waals surface area contributed by atoms with Gasteiger partial charge in [-0.15, -0.1) is 0 Å². The van der Waals surface area contributed by atoms with Crippen LogP contribution in [-0.2, 0) is 14.6 Å². The molecule has 7 heteroatoms. The Bertz CT molecular complexity index is 1330. The second kappa shape index (κ2) is 7.76. The van der Waals surface area contributed by atoms with E-state index in [4.69, 9.17) is 4.74 Å². The van der Waals surface area contributed by atoms with E-state index in [1.54, 1.807) is 37.3 Å². The molecule has 0 saturated carbocycles. The van der Waals surface area contributed by atoms with E-state index in [0.29, 0.717) is 5.56 Å². The quantitative estimate of drug-likeness (QED) is 0.479. The number of sulfone groups is 1. The van der Waals surface area contributed by atoms with Gasteiger partial charge in [-0.05, 0) is 42.3 Å². The first kappa shape index (κ1) is 19.8. The number of nitrogens with zero attached hydrogens (tertiary/aromatic N) is 1. The molecule has 1 N–H and O–H groups in total. The third-order valence-corrected chi connectivity index (χ3v) is 6.59. The summed E-state index contributed by atoms with van der Waals surface area (Å²) in [5.41, 5.74) is 1.69. The molecule has 0 spiro atoms. The molecule has 6 nitrogen and oxygen atoms in total. The van der Waals surface area contributed by atoms with Crippen molar-refractivity contribution < 1.29 is 17.9 Å². The first-order valence-electron chi connectivity index (χ1n) is 9.49. The Kier molecular flexibility index (Phi) is 5.13. The number of hydrogen-bond acceptors (Lipinski definition) is 5. The summed E-state index contributed by atoms with van der Waals surface area (Å²) in [5.74, 6) is -0.679. The predicted molar refractivity (Wildman–Crippen MR) is 114 cm³/mol. The highest BCUT2D eigenvalue weighted by Crippen LogP contribution is 2.37. The fraction of sp³-hybridized carbons (Fsp3) is 0.130. The number of aromatic amines is 1. The van der Waals surface area contributed by atoms with E-state index < -0.39 is 15.8 Å². The van der Waals surface area contributed by atoms with Crippen LogP contribution in [0, 0.1) is 6.92 Å². The van der Waals surface area contributed by atoms with Crippen molar-refractivity contribution in [2.24, 2.45) is 0 Å². The Morgan fingerprint density at radius 1 is 1.00 bits per heavy atom. The summed E-state index contributed by atoms with van der Waals surface area (Å²) in [6.45, 7) is 3.72. The summed E-state index contributed by atoms with van der Waals surface area (Å²) in [4.78, 5) is 12.7. The molecular weight excluding hydrogens is 400 g/mol. The molecule has 0 radical (unpaired) electrons. The topological polar surface area (TPSA) is 89.1 Å². The van der Waals surface area contributed by atoms with Gasteiger partial charge >= 0.3 is 5.97 Å². The van der Waals surface area contributed by atoms with E-state index >= 15 is 0 Å². The minimum atomic E-state index is -3.96. The summed E-state index contributed by atoms with van der Waals surface area (Å²) < 4.78 is 32.0. The number of benzene rings is 3. The highest BCUT2D eigenvalue weighted by Gasteiger charge is 2.31. The molecule has 0 amide bonds. The molecule has 0 bridgehead atoms. The summed E-state index contributed by atoms with van der Waals surface area (Å²) >= 11 is 0. The second-order valence-corrected chi connectivity index (χ2v) is 8.73. The Morgan fingerprint density at radius 2 is 1.70 bits per heavy atom. The van der Waals surface area contributed by atoms with Crippen LogP contribution in [0.15, 0.2) is 76.7 Å². The van der Waals surface area contributed by atoms with Crippen LogP contribution < -0.4 is 0 Å². The van der Waals surface area contributed by atoms with Crippen molar-refractivity contribution in [2.45, 2.75) is 23.8 Å². The van der Waals surface area contributed by atoms with Crippen LogP contribution in [0.2, 0.25) is 0 Å². The molecule has 0 fully saturated rings. The van der Waals surface area contributed by atoms with Gasteiger partial charge in [0.1, 0.15) is 0 Å². The first-order chi connectivity index (χ1) is 14.4. The van der Waals surface area contributed by atoms with Gasteiger partial charge in [0.25, 0.3) is 0 Å². The Balaban J connectivity index is 2.02. The summed E-state index contributed by atoms with van der Waals surface area (Å²) in [7, 11) is -3.96. The number of hydrogen-bond donors (Lipinski definition) is 1. The van der Waals surface area contributed by atoms with Crippen LogP contribution in [0.5, 0.6) is 0 Å². The van der Waals surface area contributed by atoms with Crippen LogP contribution >= 0.6 is 0 Å². The lowest BCUT2D eigenvalue weighted by atomic mass is 9.98. The summed E-state index contributed by atoms with van der Waals surface area (Å²) in [6, 6.07) is 19.7. The third kappa shape index (κ3) is 3.37. The van der Waals surface area contributed by atoms with Crippen molar-refractivity contribution in [1.82, 2.24) is 10.2 Å². The highest BCUT2D eigenvalue weighted by molar-refractivity contribution is 7.91. The van der Waals surface area contributed by atoms with Gasteiger partial charge in [0.15, 0.2) is 10.7 Å². The number of esters is 1. The number of carbonyl (C=O) groups is 1. The van der Waals surface area contributed by atoms with Crippen molar-refractivity contribution in [3.8, 4) is 11.1 Å². The largest absolute Gasteiger partial charge is 0.461 e. The van der Waals surface area contributed by atoms with Gasteiger partial charge in [0, 0.05) is 0 Å². The molecule has 4 aromatic rings. The Hall–Kier alpha value is -3.45. The lowest BCUT2D eigenvalue weighted by Gasteiger charge is -2.10. The smallest absolute Gasteiger partial charge is 0.359 e. The van der Waals surface area contributed by atoms with Crippen molar-refractivity contribution in [1.29, 1.82) is 0 Å². The molecule has 0 saturated heterocycles. The van der Waals surface area contributed by atoms with Gasteiger partial charge in [0.2, 0.25) is 9.84 Å². The molecule has 1 aromatic heterocycles. The van der Waals surface area contributed by atoms with Crippen LogP contribution in [0.3, 0.4) is 0 Å². The number of nitrogens with one attached hydrogen (secondary N) is 1. The lowest BCUT2D eigenvalue weighted by molar-refractivity contribution is 0.0520. The van der Waals surface area contributed by atoms with Gasteiger partial charge in [0.05, 0.1) is 17.1 Å². The zero-order valence-electron chi connectivity index (χ0n) is 16.5. The maximum Gasteiger partial charge on any atom is 0.359 e. The van der Waals surface area contributed by atoms with Crippen LogP contribution in [0.1, 0.15) is 23.0 Å². The van der Waals surface area contributed by atoms with Gasteiger partial charge in [-0.25, -0.2) is 13.2 Å². The number of fused-ring (bicyclic) bond motifs is 1. The Labute approximate surface area is 174 Å². The standard InChI is InChI=1S/C23H20N2O4S/c1-3-29-23(26)21-20(19-10-6-8-16-7-4-5-9-18(16)19)22(25-24-21)30(27,28)17-13-11-15(2)12-14-17/h4-14H,3H2,1-2H3,(H,24,25). The van der Waals surface area contributed by atoms with Gasteiger partial charge < -0.3 is 4.74 Å². The van der Waals surface area contributed by atoms with Gasteiger partial charge in [-0.1, -0.05) is 60.2 Å². The number of ether oxygens (including phenoxy) is 1. The molecule has 0 aliphatic carbocycles. The molecule has 0 atom stereocenters. The van der Waals surface area contributed by atoms with Crippen LogP contribution in [0.25, 0.3) is 21.9 Å². The molecule has 4 rings (SSSR count). The fourth-order valence-electron chi connectivity index (χ4n) is 3.40. The summed E-state index contributed by atoms with van der Waals surface area (Å²) in [5, 5.41) is 8.24. The molecule has 1 heterocycles. The SMILES string of the molecule is CCOC(=O)c1n[nH]c(S(=O)(=O)c2ccc(C)cc2)c1-c1cccc2ccccc12. The number of H-pyrrole nitrogens is 1. The molecule has 3 aromatic carbocycles. The van der Waals surface area contributed by atoms with E-state index in [2.05, 4.69) is 10.2 Å². The molecule has 0 unspecified atom stereocenters. The molecule has 152 valence electrons. The zero-order chi connectivity index (χ0) is 21.3. The van der Waals surface area contributed by atoms with Crippen LogP contribution in [0.4, 0.5) is 0 Å². The molecular formula is C23H20N2O4S. The average molecular weight is 420 g/mol. The molecule has 30 heavy (non-hydrogen) atoms. The second-order valence-electron chi connectivity index (χ2n) is 6.84. The minimum absolute atomic E-state index is 0.0566. The van der Waals surface area contributed by atoms with Crippen molar-refractivity contribution in [3.05, 3.63) is 78.0 Å². The van der Waals surface area contributed by atoms with E-state index in [1.165, 1.54) is 0 Å². The zero-order valence-corrected chi connectivity index (χ0v) is 17.4. The van der Waals surface area contributed by atoms with E-state index in [9.17, 15) is 13.2 Å². The van der Waals surface area contributed by atoms with E-state index in [1.807, 2.05) is 43.3 Å². The predicted octanol–water partition coefficient (Wildman–Crippen LogP) is 4.55. The average Bonchev–Trinajstić information content (AvgIpc) is 3.20. The Morgan fingerprint density at radius 3 is 2.43 bits per heavy atom. The highest BCUT2D eigenvalue weighted by atomic mass is 32.2. The number of rotatable bonds is 5. The third-order valence-electron chi connectivity index (χ3n) is 4.86. The maximum atomic E-state index is 13.4. The normalized spacial score (nSPS) is 11.5. The van der Waals surface area contributed by atoms with Gasteiger partial charge in [-0.2, -0.15) is 5.10 Å². The van der Waals surface area contributed by atoms with E-state index in [-0.39, 0.29) is 27.8 Å². The number of carbonyl (C=O) groups excluding carboxylic acids is 1. The lowest BCUT2D eigenvalue weighted by Crippen LogP contribution is -2.08. The summed E-state index contributed by atoms with van der Waals surface area (Å²) in [6.07, 6.45) is 0. The van der Waals surface area contributed by atoms with Crippen molar-refractivity contribution in [3.63, 3.8) is 0 Å². The first-order valence-corrected chi connectivity index (χ1v) is 11.0. The van der Waals surface area contributed by atoms with Gasteiger partial charge in [-0.3, -0.25) is 5.10 Å². The number of aryl methyl sites for hydroxylation is 1. The van der Waals surface area contributed by atoms with E-state index in [0.717, 1.165) is 16.3 Å². The monoisotopic (exact) mass is 420 g/mol. The fourth-order valence-corrected chi connectivity index (χ4v) is 4.77.